The highest BCUT2D eigenvalue weighted by molar-refractivity contribution is 7.47. The Morgan fingerprint density at radius 1 is 0.557 bits per heavy atom. The molecule has 1 rings (SSSR count). The van der Waals surface area contributed by atoms with Gasteiger partial charge < -0.3 is 50.1 Å². The van der Waals surface area contributed by atoms with Crippen LogP contribution < -0.4 is 0 Å². The van der Waals surface area contributed by atoms with Crippen LogP contribution >= 0.6 is 7.82 Å². The molecule has 10 atom stereocenters. The Kier molecular flexibility index (Phi) is 33.4. The molecule has 1 saturated carbocycles. The van der Waals surface area contributed by atoms with Gasteiger partial charge in [0.15, 0.2) is 6.10 Å². The number of carbonyl (C=O) groups excluding carboxylic acids is 2. The average Bonchev–Trinajstić information content (AvgIpc) is 3.23. The van der Waals surface area contributed by atoms with Crippen molar-refractivity contribution in [1.82, 2.24) is 0 Å². The molecule has 61 heavy (non-hydrogen) atoms. The maximum Gasteiger partial charge on any atom is 0.472 e. The van der Waals surface area contributed by atoms with Gasteiger partial charge in [-0.15, -0.1) is 0 Å². The van der Waals surface area contributed by atoms with Gasteiger partial charge in [0.1, 0.15) is 43.2 Å². The van der Waals surface area contributed by atoms with E-state index in [-0.39, 0.29) is 12.8 Å². The molecule has 1 aliphatic rings. The number of rotatable bonds is 38. The number of aliphatic hydroxyl groups excluding tert-OH is 7. The van der Waals surface area contributed by atoms with Crippen molar-refractivity contribution in [3.63, 3.8) is 0 Å². The topological polar surface area (TPSA) is 250 Å². The first-order chi connectivity index (χ1) is 29.2. The van der Waals surface area contributed by atoms with E-state index in [4.69, 9.17) is 18.5 Å². The molecule has 0 saturated heterocycles. The van der Waals surface area contributed by atoms with Gasteiger partial charge in [0.2, 0.25) is 0 Å². The first-order valence-electron chi connectivity index (χ1n) is 23.3. The van der Waals surface area contributed by atoms with E-state index >= 15 is 0 Å². The largest absolute Gasteiger partial charge is 0.472 e. The summed E-state index contributed by atoms with van der Waals surface area (Å²) in [5.41, 5.74) is 0. The molecule has 15 nitrogen and oxygen atoms in total. The zero-order chi connectivity index (χ0) is 45.3. The summed E-state index contributed by atoms with van der Waals surface area (Å²) in [6.45, 7) is 3.09. The minimum Gasteiger partial charge on any atom is -0.462 e. The molecule has 0 spiro atoms. The second-order valence-corrected chi connectivity index (χ2v) is 18.0. The number of carbonyl (C=O) groups is 2. The molecule has 0 aromatic rings. The molecular formula is C45H83O15P. The number of hydrogen-bond donors (Lipinski definition) is 8. The predicted octanol–water partition coefficient (Wildman–Crippen LogP) is 6.78. The molecule has 0 bridgehead atoms. The highest BCUT2D eigenvalue weighted by atomic mass is 31.2. The summed E-state index contributed by atoms with van der Waals surface area (Å²) >= 11 is 0. The van der Waals surface area contributed by atoms with Crippen molar-refractivity contribution in [2.45, 2.75) is 236 Å². The Balaban J connectivity index is 2.51. The zero-order valence-electron chi connectivity index (χ0n) is 37.2. The van der Waals surface area contributed by atoms with Crippen LogP contribution in [0.1, 0.15) is 181 Å². The lowest BCUT2D eigenvalue weighted by Crippen LogP contribution is -2.64. The molecule has 0 radical (unpaired) electrons. The lowest BCUT2D eigenvalue weighted by molar-refractivity contribution is -0.220. The molecule has 1 fully saturated rings. The maximum absolute atomic E-state index is 12.8. The molecule has 8 N–H and O–H groups in total. The van der Waals surface area contributed by atoms with Crippen LogP contribution in [0, 0.1) is 0 Å². The third-order valence-corrected chi connectivity index (χ3v) is 12.0. The summed E-state index contributed by atoms with van der Waals surface area (Å²) < 4.78 is 33.4. The van der Waals surface area contributed by atoms with E-state index in [0.29, 0.717) is 25.7 Å². The SMILES string of the molecule is CCCCC/C=C\C[C@@H](O)[C@H](O)CCCCCCCC(=O)OC[C@H](COP(=O)(O)OC1[C@H](O)[C@H](O)C(O)[C@H](O)[C@H]1O)OC(=O)CCCCCCCCC/C=C\CCCCCC. The van der Waals surface area contributed by atoms with E-state index in [9.17, 15) is 54.8 Å². The van der Waals surface area contributed by atoms with Crippen LogP contribution in [0.2, 0.25) is 0 Å². The quantitative estimate of drug-likeness (QED) is 0.0138. The highest BCUT2D eigenvalue weighted by Gasteiger charge is 2.51. The van der Waals surface area contributed by atoms with Gasteiger partial charge in [0, 0.05) is 12.8 Å². The molecular weight excluding hydrogens is 811 g/mol. The fourth-order valence-corrected chi connectivity index (χ4v) is 7.98. The van der Waals surface area contributed by atoms with E-state index in [2.05, 4.69) is 26.0 Å². The number of allylic oxidation sites excluding steroid dienone is 3. The van der Waals surface area contributed by atoms with Crippen LogP contribution in [0.3, 0.4) is 0 Å². The Labute approximate surface area is 365 Å². The van der Waals surface area contributed by atoms with Gasteiger partial charge >= 0.3 is 19.8 Å². The zero-order valence-corrected chi connectivity index (χ0v) is 38.1. The van der Waals surface area contributed by atoms with Crippen LogP contribution in [0.5, 0.6) is 0 Å². The molecule has 16 heteroatoms. The summed E-state index contributed by atoms with van der Waals surface area (Å²) in [7, 11) is -5.15. The fraction of sp³-hybridized carbons (Fsp3) is 0.867. The van der Waals surface area contributed by atoms with Crippen molar-refractivity contribution < 1.29 is 73.3 Å². The van der Waals surface area contributed by atoms with Gasteiger partial charge in [-0.3, -0.25) is 18.6 Å². The number of phosphoric ester groups is 1. The van der Waals surface area contributed by atoms with Gasteiger partial charge in [0.05, 0.1) is 18.8 Å². The summed E-state index contributed by atoms with van der Waals surface area (Å²) in [6.07, 6.45) is 16.7. The highest BCUT2D eigenvalue weighted by Crippen LogP contribution is 2.47. The summed E-state index contributed by atoms with van der Waals surface area (Å²) in [4.78, 5) is 35.7. The lowest BCUT2D eigenvalue weighted by Gasteiger charge is -2.41. The van der Waals surface area contributed by atoms with Crippen molar-refractivity contribution in [2.24, 2.45) is 0 Å². The lowest BCUT2D eigenvalue weighted by atomic mass is 9.85. The first kappa shape index (κ1) is 57.3. The van der Waals surface area contributed by atoms with Gasteiger partial charge in [-0.25, -0.2) is 4.57 Å². The number of ether oxygens (including phenoxy) is 2. The normalized spacial score (nSPS) is 23.2. The summed E-state index contributed by atoms with van der Waals surface area (Å²) in [6, 6.07) is 0. The molecule has 1 aliphatic carbocycles. The Morgan fingerprint density at radius 2 is 1.00 bits per heavy atom. The minimum atomic E-state index is -5.15. The van der Waals surface area contributed by atoms with Crippen LogP contribution in [-0.4, -0.2) is 121 Å². The van der Waals surface area contributed by atoms with Gasteiger partial charge in [-0.05, 0) is 64.2 Å². The van der Waals surface area contributed by atoms with Crippen molar-refractivity contribution >= 4 is 19.8 Å². The monoisotopic (exact) mass is 895 g/mol. The molecule has 3 unspecified atom stereocenters. The summed E-state index contributed by atoms with van der Waals surface area (Å²) in [5, 5.41) is 70.6. The number of unbranched alkanes of at least 4 members (excludes halogenated alkanes) is 18. The molecule has 358 valence electrons. The van der Waals surface area contributed by atoms with Crippen LogP contribution in [-0.2, 0) is 32.7 Å². The maximum atomic E-state index is 12.8. The molecule has 0 aromatic carbocycles. The number of esters is 2. The average molecular weight is 895 g/mol. The van der Waals surface area contributed by atoms with Crippen LogP contribution in [0.4, 0.5) is 0 Å². The number of aliphatic hydroxyl groups is 7. The third kappa shape index (κ3) is 27.9. The minimum absolute atomic E-state index is 0.0610. The second-order valence-electron chi connectivity index (χ2n) is 16.6. The standard InChI is InChI=1S/C45H83O15P/c1-3-5-7-9-11-12-13-14-15-16-17-18-19-23-28-32-39(49)59-35(34-58-61(55,56)60-45-43(53)41(51)40(50)42(52)44(45)54)33-57-38(48)31-27-24-20-22-26-30-37(47)36(46)29-25-21-10-8-6-4-2/h12-13,21,25,35-37,40-47,50-54H,3-11,14-20,22-24,26-34H2,1-2H3,(H,55,56)/b13-12-,25-21-/t35-,36-,37-,40?,41-,42+,43-,44-,45?/m1/s1. The predicted molar refractivity (Wildman–Crippen MR) is 233 cm³/mol. The fourth-order valence-electron chi connectivity index (χ4n) is 7.01. The third-order valence-electron chi connectivity index (χ3n) is 11.0. The molecule has 0 aliphatic heterocycles. The van der Waals surface area contributed by atoms with E-state index in [1.165, 1.54) is 32.1 Å². The van der Waals surface area contributed by atoms with Crippen molar-refractivity contribution in [3.8, 4) is 0 Å². The van der Waals surface area contributed by atoms with Crippen molar-refractivity contribution in [1.29, 1.82) is 0 Å². The molecule has 0 aromatic heterocycles. The number of phosphoric acid groups is 1. The van der Waals surface area contributed by atoms with E-state index in [0.717, 1.165) is 96.3 Å². The van der Waals surface area contributed by atoms with E-state index < -0.39 is 87.9 Å². The van der Waals surface area contributed by atoms with Crippen LogP contribution in [0.15, 0.2) is 24.3 Å². The van der Waals surface area contributed by atoms with Crippen LogP contribution in [0.25, 0.3) is 0 Å². The second kappa shape index (κ2) is 35.6. The van der Waals surface area contributed by atoms with E-state index in [1.54, 1.807) is 0 Å². The van der Waals surface area contributed by atoms with Crippen molar-refractivity contribution in [2.75, 3.05) is 13.2 Å². The van der Waals surface area contributed by atoms with E-state index in [1.807, 2.05) is 12.2 Å². The molecule has 0 heterocycles. The molecule has 0 amide bonds. The smallest absolute Gasteiger partial charge is 0.462 e. The van der Waals surface area contributed by atoms with Gasteiger partial charge in [-0.1, -0.05) is 128 Å². The summed E-state index contributed by atoms with van der Waals surface area (Å²) in [5.74, 6) is -1.21. The Hall–Kier alpha value is -1.75. The van der Waals surface area contributed by atoms with Crippen molar-refractivity contribution in [3.05, 3.63) is 24.3 Å². The van der Waals surface area contributed by atoms with Gasteiger partial charge in [0.25, 0.3) is 0 Å². The Morgan fingerprint density at radius 3 is 1.57 bits per heavy atom. The van der Waals surface area contributed by atoms with Gasteiger partial charge in [-0.2, -0.15) is 0 Å². The number of hydrogen-bond acceptors (Lipinski definition) is 14. The first-order valence-corrected chi connectivity index (χ1v) is 24.8. The Bertz CT molecular complexity index is 1200.